The van der Waals surface area contributed by atoms with Crippen molar-refractivity contribution in [2.24, 2.45) is 0 Å². The molecule has 1 heteroatoms. The van der Waals surface area contributed by atoms with E-state index in [0.29, 0.717) is 0 Å². The second kappa shape index (κ2) is 3.02. The van der Waals surface area contributed by atoms with Gasteiger partial charge in [-0.2, -0.15) is 0 Å². The first-order valence-electron chi connectivity index (χ1n) is 4.37. The minimum atomic E-state index is 1.05. The van der Waals surface area contributed by atoms with Crippen LogP contribution in [-0.2, 0) is 6.42 Å². The number of para-hydroxylation sites is 1. The number of aryl methyl sites for hydroxylation is 1. The highest BCUT2D eigenvalue weighted by Gasteiger charge is 2.01. The Morgan fingerprint density at radius 1 is 1.25 bits per heavy atom. The molecule has 0 unspecified atom stereocenters. The monoisotopic (exact) mass is 160 g/mol. The van der Waals surface area contributed by atoms with Crippen LogP contribution in [0.3, 0.4) is 0 Å². The van der Waals surface area contributed by atoms with E-state index < -0.39 is 0 Å². The van der Waals surface area contributed by atoms with Crippen molar-refractivity contribution in [2.45, 2.75) is 19.8 Å². The van der Waals surface area contributed by atoms with Gasteiger partial charge < -0.3 is 4.42 Å². The van der Waals surface area contributed by atoms with Gasteiger partial charge in [0.1, 0.15) is 5.58 Å². The van der Waals surface area contributed by atoms with Gasteiger partial charge in [-0.25, -0.2) is 0 Å². The standard InChI is InChI=1S/C11H12O/c1-2-4-9-5-3-6-10-7-8-12-11(9)10/h3,5-8H,2,4H2,1H3. The van der Waals surface area contributed by atoms with Crippen LogP contribution in [0.25, 0.3) is 11.0 Å². The third kappa shape index (κ3) is 1.11. The Morgan fingerprint density at radius 2 is 2.17 bits per heavy atom. The van der Waals surface area contributed by atoms with E-state index in [0.717, 1.165) is 12.0 Å². The van der Waals surface area contributed by atoms with Crippen LogP contribution in [0.5, 0.6) is 0 Å². The Morgan fingerprint density at radius 3 is 3.00 bits per heavy atom. The molecule has 0 aliphatic heterocycles. The highest BCUT2D eigenvalue weighted by Crippen LogP contribution is 2.20. The maximum atomic E-state index is 5.40. The highest BCUT2D eigenvalue weighted by molar-refractivity contribution is 5.80. The fraction of sp³-hybridized carbons (Fsp3) is 0.273. The molecule has 0 saturated carbocycles. The van der Waals surface area contributed by atoms with Gasteiger partial charge in [0.15, 0.2) is 0 Å². The first-order chi connectivity index (χ1) is 5.92. The van der Waals surface area contributed by atoms with Gasteiger partial charge in [-0.1, -0.05) is 31.5 Å². The predicted molar refractivity (Wildman–Crippen MR) is 50.2 cm³/mol. The Labute approximate surface area is 72.0 Å². The predicted octanol–water partition coefficient (Wildman–Crippen LogP) is 3.39. The molecule has 0 aliphatic rings. The topological polar surface area (TPSA) is 13.1 Å². The van der Waals surface area contributed by atoms with E-state index in [2.05, 4.69) is 25.1 Å². The van der Waals surface area contributed by atoms with Crippen molar-refractivity contribution in [3.8, 4) is 0 Å². The van der Waals surface area contributed by atoms with E-state index >= 15 is 0 Å². The van der Waals surface area contributed by atoms with Crippen molar-refractivity contribution >= 4 is 11.0 Å². The highest BCUT2D eigenvalue weighted by atomic mass is 16.3. The number of hydrogen-bond donors (Lipinski definition) is 0. The van der Waals surface area contributed by atoms with Gasteiger partial charge in [0.25, 0.3) is 0 Å². The van der Waals surface area contributed by atoms with Gasteiger partial charge in [0.05, 0.1) is 6.26 Å². The molecule has 2 rings (SSSR count). The lowest BCUT2D eigenvalue weighted by Gasteiger charge is -1.98. The largest absolute Gasteiger partial charge is 0.464 e. The van der Waals surface area contributed by atoms with Crippen molar-refractivity contribution in [3.05, 3.63) is 36.1 Å². The number of furan rings is 1. The first-order valence-corrected chi connectivity index (χ1v) is 4.37. The zero-order chi connectivity index (χ0) is 8.39. The quantitative estimate of drug-likeness (QED) is 0.656. The molecule has 0 atom stereocenters. The third-order valence-electron chi connectivity index (χ3n) is 2.08. The number of rotatable bonds is 2. The summed E-state index contributed by atoms with van der Waals surface area (Å²) in [6.07, 6.45) is 4.02. The second-order valence-corrected chi connectivity index (χ2v) is 3.01. The van der Waals surface area contributed by atoms with Crippen LogP contribution in [0.4, 0.5) is 0 Å². The van der Waals surface area contributed by atoms with Crippen molar-refractivity contribution < 1.29 is 4.42 Å². The van der Waals surface area contributed by atoms with Crippen LogP contribution in [0.15, 0.2) is 34.9 Å². The molecule has 0 radical (unpaired) electrons. The molecule has 2 aromatic rings. The zero-order valence-corrected chi connectivity index (χ0v) is 7.21. The van der Waals surface area contributed by atoms with E-state index in [1.807, 2.05) is 6.07 Å². The van der Waals surface area contributed by atoms with Gasteiger partial charge in [-0.15, -0.1) is 0 Å². The maximum Gasteiger partial charge on any atom is 0.137 e. The lowest BCUT2D eigenvalue weighted by atomic mass is 10.1. The molecule has 1 aromatic carbocycles. The molecule has 0 saturated heterocycles. The van der Waals surface area contributed by atoms with E-state index in [4.69, 9.17) is 4.42 Å². The summed E-state index contributed by atoms with van der Waals surface area (Å²) < 4.78 is 5.40. The van der Waals surface area contributed by atoms with Crippen LogP contribution >= 0.6 is 0 Å². The summed E-state index contributed by atoms with van der Waals surface area (Å²) in [6, 6.07) is 8.31. The summed E-state index contributed by atoms with van der Waals surface area (Å²) in [6.45, 7) is 2.18. The molecule has 0 N–H and O–H groups in total. The van der Waals surface area contributed by atoms with Crippen molar-refractivity contribution in [1.82, 2.24) is 0 Å². The fourth-order valence-electron chi connectivity index (χ4n) is 1.52. The second-order valence-electron chi connectivity index (χ2n) is 3.01. The van der Waals surface area contributed by atoms with Gasteiger partial charge in [-0.05, 0) is 18.1 Å². The number of benzene rings is 1. The van der Waals surface area contributed by atoms with Crippen LogP contribution in [0.1, 0.15) is 18.9 Å². The van der Waals surface area contributed by atoms with Crippen LogP contribution in [-0.4, -0.2) is 0 Å². The molecule has 1 heterocycles. The smallest absolute Gasteiger partial charge is 0.137 e. The van der Waals surface area contributed by atoms with E-state index in [1.54, 1.807) is 6.26 Å². The normalized spacial score (nSPS) is 10.8. The summed E-state index contributed by atoms with van der Waals surface area (Å²) in [5.74, 6) is 0. The van der Waals surface area contributed by atoms with Gasteiger partial charge in [0, 0.05) is 5.39 Å². The van der Waals surface area contributed by atoms with Crippen molar-refractivity contribution in [1.29, 1.82) is 0 Å². The lowest BCUT2D eigenvalue weighted by molar-refractivity contribution is 0.610. The Balaban J connectivity index is 2.57. The molecule has 0 fully saturated rings. The molecule has 0 amide bonds. The summed E-state index contributed by atoms with van der Waals surface area (Å²) in [5.41, 5.74) is 2.37. The van der Waals surface area contributed by atoms with Gasteiger partial charge >= 0.3 is 0 Å². The minimum absolute atomic E-state index is 1.05. The molecular weight excluding hydrogens is 148 g/mol. The minimum Gasteiger partial charge on any atom is -0.464 e. The lowest BCUT2D eigenvalue weighted by Crippen LogP contribution is -1.82. The van der Waals surface area contributed by atoms with Gasteiger partial charge in [-0.3, -0.25) is 0 Å². The number of hydrogen-bond acceptors (Lipinski definition) is 1. The summed E-state index contributed by atoms with van der Waals surface area (Å²) in [4.78, 5) is 0. The molecule has 1 aromatic heterocycles. The SMILES string of the molecule is CCCc1cccc2ccoc12. The summed E-state index contributed by atoms with van der Waals surface area (Å²) in [7, 11) is 0. The molecule has 1 nitrogen and oxygen atoms in total. The summed E-state index contributed by atoms with van der Waals surface area (Å²) in [5, 5.41) is 1.21. The Bertz CT molecular complexity index is 373. The molecular formula is C11H12O. The summed E-state index contributed by atoms with van der Waals surface area (Å²) >= 11 is 0. The van der Waals surface area contributed by atoms with Crippen molar-refractivity contribution in [2.75, 3.05) is 0 Å². The zero-order valence-electron chi connectivity index (χ0n) is 7.21. The fourth-order valence-corrected chi connectivity index (χ4v) is 1.52. The number of fused-ring (bicyclic) bond motifs is 1. The van der Waals surface area contributed by atoms with Gasteiger partial charge in [0.2, 0.25) is 0 Å². The molecule has 0 spiro atoms. The van der Waals surface area contributed by atoms with Crippen LogP contribution in [0.2, 0.25) is 0 Å². The average molecular weight is 160 g/mol. The first kappa shape index (κ1) is 7.41. The average Bonchev–Trinajstić information content (AvgIpc) is 2.53. The van der Waals surface area contributed by atoms with Crippen LogP contribution < -0.4 is 0 Å². The molecule has 62 valence electrons. The molecule has 0 aliphatic carbocycles. The third-order valence-corrected chi connectivity index (χ3v) is 2.08. The van der Waals surface area contributed by atoms with Crippen molar-refractivity contribution in [3.63, 3.8) is 0 Å². The van der Waals surface area contributed by atoms with Crippen LogP contribution in [0, 0.1) is 0 Å². The van der Waals surface area contributed by atoms with E-state index in [9.17, 15) is 0 Å². The Kier molecular flexibility index (Phi) is 1.86. The van der Waals surface area contributed by atoms with E-state index in [1.165, 1.54) is 17.4 Å². The Hall–Kier alpha value is -1.24. The molecule has 0 bridgehead atoms. The molecule has 12 heavy (non-hydrogen) atoms. The maximum absolute atomic E-state index is 5.40. The van der Waals surface area contributed by atoms with E-state index in [-0.39, 0.29) is 0 Å².